The maximum absolute atomic E-state index is 10.6. The molecule has 104 valence electrons. The minimum atomic E-state index is 0.333. The molecule has 0 spiro atoms. The van der Waals surface area contributed by atoms with Crippen molar-refractivity contribution in [2.45, 2.75) is 78.6 Å². The summed E-state index contributed by atoms with van der Waals surface area (Å²) in [6, 6.07) is 0. The summed E-state index contributed by atoms with van der Waals surface area (Å²) in [6.07, 6.45) is 11.0. The number of quaternary nitrogens is 1. The molecule has 0 atom stereocenters. The first-order valence-electron chi connectivity index (χ1n) is 7.77. The summed E-state index contributed by atoms with van der Waals surface area (Å²) in [4.78, 5) is 0. The van der Waals surface area contributed by atoms with Crippen LogP contribution in [0.2, 0.25) is 0 Å². The van der Waals surface area contributed by atoms with Crippen molar-refractivity contribution in [2.75, 3.05) is 19.6 Å². The Kier molecular flexibility index (Phi) is 11.0. The van der Waals surface area contributed by atoms with Gasteiger partial charge in [0.05, 0.1) is 0 Å². The number of hydrogen-bond acceptors (Lipinski definition) is 1. The highest BCUT2D eigenvalue weighted by atomic mass is 16.5. The van der Waals surface area contributed by atoms with E-state index in [0.29, 0.717) is 4.65 Å². The lowest BCUT2D eigenvalue weighted by atomic mass is 10.2. The molecule has 0 aromatic rings. The van der Waals surface area contributed by atoms with Gasteiger partial charge in [0.15, 0.2) is 0 Å². The second-order valence-corrected chi connectivity index (χ2v) is 5.39. The van der Waals surface area contributed by atoms with Gasteiger partial charge >= 0.3 is 0 Å². The van der Waals surface area contributed by atoms with E-state index in [-0.39, 0.29) is 0 Å². The van der Waals surface area contributed by atoms with Crippen LogP contribution in [0.4, 0.5) is 0 Å². The van der Waals surface area contributed by atoms with E-state index in [2.05, 4.69) is 20.8 Å². The first kappa shape index (κ1) is 16.9. The highest BCUT2D eigenvalue weighted by molar-refractivity contribution is 4.44. The van der Waals surface area contributed by atoms with Crippen molar-refractivity contribution in [2.24, 2.45) is 0 Å². The maximum atomic E-state index is 10.6. The Morgan fingerprint density at radius 3 is 1.12 bits per heavy atom. The number of unbranched alkanes of at least 4 members (excludes halogenated alkanes) is 6. The van der Waals surface area contributed by atoms with Gasteiger partial charge in [0, 0.05) is 0 Å². The average molecular weight is 244 g/mol. The fourth-order valence-corrected chi connectivity index (χ4v) is 2.30. The van der Waals surface area contributed by atoms with E-state index in [0.717, 1.165) is 19.6 Å². The van der Waals surface area contributed by atoms with Crippen molar-refractivity contribution < 1.29 is 9.85 Å². The molecule has 0 unspecified atom stereocenters. The van der Waals surface area contributed by atoms with Gasteiger partial charge in [-0.1, -0.05) is 40.0 Å². The molecule has 0 amide bonds. The molecule has 0 bridgehead atoms. The number of rotatable bonds is 12. The third-order valence-electron chi connectivity index (χ3n) is 3.53. The van der Waals surface area contributed by atoms with E-state index >= 15 is 0 Å². The van der Waals surface area contributed by atoms with Crippen molar-refractivity contribution in [1.82, 2.24) is 0 Å². The molecule has 0 aliphatic carbocycles. The van der Waals surface area contributed by atoms with Gasteiger partial charge in [-0.15, -0.1) is 0 Å². The van der Waals surface area contributed by atoms with Crippen LogP contribution >= 0.6 is 0 Å². The van der Waals surface area contributed by atoms with Gasteiger partial charge in [-0.3, -0.25) is 0 Å². The summed E-state index contributed by atoms with van der Waals surface area (Å²) in [7, 11) is 0. The lowest BCUT2D eigenvalue weighted by Gasteiger charge is -2.30. The number of hydrogen-bond donors (Lipinski definition) is 1. The van der Waals surface area contributed by atoms with Crippen LogP contribution in [0.5, 0.6) is 0 Å². The molecule has 0 radical (unpaired) electrons. The van der Waals surface area contributed by atoms with Crippen LogP contribution in [0.3, 0.4) is 0 Å². The van der Waals surface area contributed by atoms with Crippen LogP contribution in [0.25, 0.3) is 0 Å². The number of nitrogens with zero attached hydrogens (tertiary/aromatic N) is 1. The van der Waals surface area contributed by atoms with Gasteiger partial charge in [0.1, 0.15) is 19.6 Å². The predicted molar refractivity (Wildman–Crippen MR) is 75.2 cm³/mol. The highest BCUT2D eigenvalue weighted by Crippen LogP contribution is 2.12. The summed E-state index contributed by atoms with van der Waals surface area (Å²) in [5.74, 6) is 0. The molecule has 0 saturated heterocycles. The Hall–Kier alpha value is -0.0800. The Bertz CT molecular complexity index is 132. The molecule has 17 heavy (non-hydrogen) atoms. The fourth-order valence-electron chi connectivity index (χ4n) is 2.30. The molecule has 0 aromatic carbocycles. The van der Waals surface area contributed by atoms with Crippen molar-refractivity contribution in [3.05, 3.63) is 0 Å². The van der Waals surface area contributed by atoms with Crippen LogP contribution in [0.1, 0.15) is 78.6 Å². The van der Waals surface area contributed by atoms with E-state index in [9.17, 15) is 5.21 Å². The maximum Gasteiger partial charge on any atom is 0.109 e. The zero-order valence-electron chi connectivity index (χ0n) is 12.4. The van der Waals surface area contributed by atoms with Crippen LogP contribution in [0.15, 0.2) is 0 Å². The summed E-state index contributed by atoms with van der Waals surface area (Å²) in [5, 5.41) is 10.6. The van der Waals surface area contributed by atoms with Crippen LogP contribution in [-0.2, 0) is 0 Å². The van der Waals surface area contributed by atoms with Crippen LogP contribution in [0, 0.1) is 0 Å². The minimum absolute atomic E-state index is 0.333. The summed E-state index contributed by atoms with van der Waals surface area (Å²) in [5.41, 5.74) is 0. The molecule has 2 heteroatoms. The van der Waals surface area contributed by atoms with E-state index in [1.165, 1.54) is 57.8 Å². The molecule has 1 N–H and O–H groups in total. The molecular formula is C15H34NO+. The quantitative estimate of drug-likeness (QED) is 0.298. The first-order valence-corrected chi connectivity index (χ1v) is 7.77. The molecule has 2 nitrogen and oxygen atoms in total. The minimum Gasteiger partial charge on any atom is -0.217 e. The third kappa shape index (κ3) is 9.61. The summed E-state index contributed by atoms with van der Waals surface area (Å²) < 4.78 is 0.333. The van der Waals surface area contributed by atoms with Gasteiger partial charge in [-0.25, -0.2) is 5.21 Å². The summed E-state index contributed by atoms with van der Waals surface area (Å²) in [6.45, 7) is 9.55. The monoisotopic (exact) mass is 244 g/mol. The normalized spacial score (nSPS) is 12.0. The smallest absolute Gasteiger partial charge is 0.109 e. The largest absolute Gasteiger partial charge is 0.217 e. The van der Waals surface area contributed by atoms with E-state index in [1.54, 1.807) is 0 Å². The zero-order chi connectivity index (χ0) is 13.0. The van der Waals surface area contributed by atoms with Crippen molar-refractivity contribution in [3.63, 3.8) is 0 Å². The standard InChI is InChI=1S/C15H34NO/c1-4-7-10-13-16(17,14-11-8-5-2)15-12-9-6-3/h17H,4-15H2,1-3H3/q+1. The predicted octanol–water partition coefficient (Wildman–Crippen LogP) is 4.76. The zero-order valence-corrected chi connectivity index (χ0v) is 12.4. The van der Waals surface area contributed by atoms with Crippen molar-refractivity contribution >= 4 is 0 Å². The third-order valence-corrected chi connectivity index (χ3v) is 3.53. The molecular weight excluding hydrogens is 210 g/mol. The molecule has 0 heterocycles. The molecule has 0 aliphatic rings. The van der Waals surface area contributed by atoms with Crippen LogP contribution in [-0.4, -0.2) is 29.5 Å². The van der Waals surface area contributed by atoms with Gasteiger partial charge in [0.25, 0.3) is 0 Å². The van der Waals surface area contributed by atoms with Crippen molar-refractivity contribution in [3.8, 4) is 0 Å². The number of hydroxylamine groups is 3. The SMILES string of the molecule is CCCCC[N+](O)(CCCCC)CCCCC. The Balaban J connectivity index is 3.95. The van der Waals surface area contributed by atoms with Gasteiger partial charge in [-0.2, -0.15) is 4.65 Å². The lowest BCUT2D eigenvalue weighted by Crippen LogP contribution is -2.47. The molecule has 0 fully saturated rings. The fraction of sp³-hybridized carbons (Fsp3) is 1.00. The Labute approximate surface area is 109 Å². The molecule has 0 rings (SSSR count). The Morgan fingerprint density at radius 1 is 0.588 bits per heavy atom. The van der Waals surface area contributed by atoms with Crippen molar-refractivity contribution in [1.29, 1.82) is 0 Å². The summed E-state index contributed by atoms with van der Waals surface area (Å²) >= 11 is 0. The molecule has 0 aliphatic heterocycles. The first-order chi connectivity index (χ1) is 8.18. The van der Waals surface area contributed by atoms with Gasteiger partial charge in [-0.05, 0) is 38.5 Å². The molecule has 0 saturated carbocycles. The second-order valence-electron chi connectivity index (χ2n) is 5.39. The van der Waals surface area contributed by atoms with E-state index < -0.39 is 0 Å². The lowest BCUT2D eigenvalue weighted by molar-refractivity contribution is -1.10. The molecule has 0 aromatic heterocycles. The van der Waals surface area contributed by atoms with Gasteiger partial charge < -0.3 is 0 Å². The van der Waals surface area contributed by atoms with E-state index in [1.807, 2.05) is 0 Å². The second kappa shape index (κ2) is 11.0. The van der Waals surface area contributed by atoms with E-state index in [4.69, 9.17) is 0 Å². The average Bonchev–Trinajstić information content (AvgIpc) is 2.30. The Morgan fingerprint density at radius 2 is 0.882 bits per heavy atom. The van der Waals surface area contributed by atoms with Gasteiger partial charge in [0.2, 0.25) is 0 Å². The topological polar surface area (TPSA) is 20.2 Å². The van der Waals surface area contributed by atoms with Crippen LogP contribution < -0.4 is 0 Å². The highest BCUT2D eigenvalue weighted by Gasteiger charge is 2.23.